The van der Waals surface area contributed by atoms with Crippen molar-refractivity contribution in [3.63, 3.8) is 0 Å². The number of benzene rings is 1. The van der Waals surface area contributed by atoms with Crippen LogP contribution in [-0.4, -0.2) is 78.7 Å². The molecule has 1 amide bonds. The highest BCUT2D eigenvalue weighted by atomic mass is 19.4. The molecule has 8 nitrogen and oxygen atoms in total. The van der Waals surface area contributed by atoms with Gasteiger partial charge in [0.2, 0.25) is 0 Å². The van der Waals surface area contributed by atoms with E-state index in [2.05, 4.69) is 14.2 Å². The van der Waals surface area contributed by atoms with Gasteiger partial charge in [-0.25, -0.2) is 9.78 Å². The van der Waals surface area contributed by atoms with Crippen molar-refractivity contribution >= 4 is 17.1 Å². The molecule has 2 aromatic heterocycles. The molecule has 4 rings (SSSR count). The number of aryl methyl sites for hydroxylation is 2. The number of aromatic nitrogens is 2. The molecule has 0 spiro atoms. The van der Waals surface area contributed by atoms with Gasteiger partial charge in [-0.3, -0.25) is 0 Å². The monoisotopic (exact) mass is 534 g/mol. The van der Waals surface area contributed by atoms with Crippen LogP contribution in [0.25, 0.3) is 22.3 Å². The average molecular weight is 535 g/mol. The fourth-order valence-electron chi connectivity index (χ4n) is 4.71. The molecule has 11 heteroatoms. The Morgan fingerprint density at radius 2 is 1.82 bits per heavy atom. The van der Waals surface area contributed by atoms with Crippen LogP contribution in [0, 0.1) is 13.8 Å². The van der Waals surface area contributed by atoms with E-state index in [0.717, 1.165) is 41.7 Å². The van der Waals surface area contributed by atoms with Gasteiger partial charge in [-0.05, 0) is 56.6 Å². The van der Waals surface area contributed by atoms with Crippen LogP contribution in [0.3, 0.4) is 0 Å². The lowest BCUT2D eigenvalue weighted by Crippen LogP contribution is -2.47. The number of hydrogen-bond acceptors (Lipinski definition) is 6. The standard InChI is InChI=1S/C27H33F3N4O4/c1-6-19(16-37-26(35)33-11-9-32(4)10-12-33)34-15-18(3)25-22(34)13-17(2)24(31-25)21-8-7-20(14-23(21)36-5)38-27(28,29)30/h7-8,13-15,19H,6,9-12,16H2,1-5H3. The summed E-state index contributed by atoms with van der Waals surface area (Å²) in [5.74, 6) is -0.142. The van der Waals surface area contributed by atoms with Gasteiger partial charge in [0.25, 0.3) is 0 Å². The molecule has 1 atom stereocenters. The third-order valence-electron chi connectivity index (χ3n) is 6.86. The highest BCUT2D eigenvalue weighted by Gasteiger charge is 2.31. The summed E-state index contributed by atoms with van der Waals surface area (Å²) in [6.07, 6.45) is -2.36. The Bertz CT molecular complexity index is 1300. The molecule has 1 aliphatic heterocycles. The first-order chi connectivity index (χ1) is 18.0. The maximum absolute atomic E-state index is 12.7. The largest absolute Gasteiger partial charge is 0.573 e. The quantitative estimate of drug-likeness (QED) is 0.395. The highest BCUT2D eigenvalue weighted by Crippen LogP contribution is 2.37. The predicted molar refractivity (Wildman–Crippen MR) is 138 cm³/mol. The van der Waals surface area contributed by atoms with Crippen molar-refractivity contribution in [2.75, 3.05) is 46.9 Å². The van der Waals surface area contributed by atoms with E-state index in [1.54, 1.807) is 4.90 Å². The molecule has 206 valence electrons. The van der Waals surface area contributed by atoms with Gasteiger partial charge in [0.05, 0.1) is 29.9 Å². The second kappa shape index (κ2) is 11.1. The minimum Gasteiger partial charge on any atom is -0.496 e. The second-order valence-corrected chi connectivity index (χ2v) is 9.58. The molecule has 0 aliphatic carbocycles. The molecule has 1 saturated heterocycles. The van der Waals surface area contributed by atoms with Gasteiger partial charge in [0.15, 0.2) is 0 Å². The highest BCUT2D eigenvalue weighted by molar-refractivity contribution is 5.85. The van der Waals surface area contributed by atoms with Gasteiger partial charge in [-0.1, -0.05) is 6.92 Å². The first-order valence-electron chi connectivity index (χ1n) is 12.5. The van der Waals surface area contributed by atoms with Crippen LogP contribution in [-0.2, 0) is 4.74 Å². The van der Waals surface area contributed by atoms with Gasteiger partial charge >= 0.3 is 12.5 Å². The number of pyridine rings is 1. The summed E-state index contributed by atoms with van der Waals surface area (Å²) < 4.78 is 55.2. The minimum atomic E-state index is -4.80. The molecule has 1 fully saturated rings. The van der Waals surface area contributed by atoms with E-state index in [1.807, 2.05) is 40.1 Å². The lowest BCUT2D eigenvalue weighted by molar-refractivity contribution is -0.274. The number of methoxy groups -OCH3 is 1. The van der Waals surface area contributed by atoms with Crippen LogP contribution in [0.15, 0.2) is 30.5 Å². The van der Waals surface area contributed by atoms with Crippen LogP contribution in [0.5, 0.6) is 11.5 Å². The van der Waals surface area contributed by atoms with Crippen LogP contribution < -0.4 is 9.47 Å². The summed E-state index contributed by atoms with van der Waals surface area (Å²) in [4.78, 5) is 21.4. The van der Waals surface area contributed by atoms with Crippen molar-refractivity contribution in [3.05, 3.63) is 41.6 Å². The number of amides is 1. The van der Waals surface area contributed by atoms with Gasteiger partial charge in [0, 0.05) is 44.0 Å². The van der Waals surface area contributed by atoms with E-state index in [0.29, 0.717) is 24.3 Å². The zero-order valence-corrected chi connectivity index (χ0v) is 22.3. The molecule has 0 saturated carbocycles. The number of nitrogens with zero attached hydrogens (tertiary/aromatic N) is 4. The Morgan fingerprint density at radius 3 is 2.45 bits per heavy atom. The number of carbonyl (C=O) groups excluding carboxylic acids is 1. The van der Waals surface area contributed by atoms with Crippen molar-refractivity contribution in [2.45, 2.75) is 39.6 Å². The Kier molecular flexibility index (Phi) is 8.05. The SMILES string of the molecule is CCC(COC(=O)N1CCN(C)CC1)n1cc(C)c2nc(-c3ccc(OC(F)(F)F)cc3OC)c(C)cc21. The molecule has 1 aromatic carbocycles. The lowest BCUT2D eigenvalue weighted by Gasteiger charge is -2.32. The summed E-state index contributed by atoms with van der Waals surface area (Å²) in [5.41, 5.74) is 4.56. The molecule has 1 unspecified atom stereocenters. The lowest BCUT2D eigenvalue weighted by atomic mass is 10.0. The molecule has 0 radical (unpaired) electrons. The first-order valence-corrected chi connectivity index (χ1v) is 12.5. The Morgan fingerprint density at radius 1 is 1.11 bits per heavy atom. The van der Waals surface area contributed by atoms with E-state index < -0.39 is 6.36 Å². The molecule has 0 bridgehead atoms. The molecular formula is C27H33F3N4O4. The van der Waals surface area contributed by atoms with E-state index in [-0.39, 0.29) is 30.2 Å². The van der Waals surface area contributed by atoms with Crippen LogP contribution in [0.2, 0.25) is 0 Å². The Balaban J connectivity index is 1.60. The minimum absolute atomic E-state index is 0.0806. The number of rotatable bonds is 7. The summed E-state index contributed by atoms with van der Waals surface area (Å²) >= 11 is 0. The third kappa shape index (κ3) is 5.98. The van der Waals surface area contributed by atoms with Crippen molar-refractivity contribution in [3.8, 4) is 22.8 Å². The number of halogens is 3. The van der Waals surface area contributed by atoms with E-state index in [4.69, 9.17) is 14.5 Å². The summed E-state index contributed by atoms with van der Waals surface area (Å²) in [6.45, 7) is 9.06. The number of fused-ring (bicyclic) bond motifs is 1. The molecule has 3 aromatic rings. The smallest absolute Gasteiger partial charge is 0.496 e. The van der Waals surface area contributed by atoms with E-state index in [9.17, 15) is 18.0 Å². The summed E-state index contributed by atoms with van der Waals surface area (Å²) in [5, 5.41) is 0. The molecule has 0 N–H and O–H groups in total. The number of likely N-dealkylation sites (N-methyl/N-ethyl adjacent to an activating group) is 1. The van der Waals surface area contributed by atoms with E-state index in [1.165, 1.54) is 25.3 Å². The fourth-order valence-corrected chi connectivity index (χ4v) is 4.71. The normalized spacial score (nSPS) is 15.5. The van der Waals surface area contributed by atoms with Gasteiger partial charge in [-0.15, -0.1) is 13.2 Å². The number of carbonyl (C=O) groups is 1. The summed E-state index contributed by atoms with van der Waals surface area (Å²) in [7, 11) is 3.42. The molecule has 1 aliphatic rings. The Hall–Kier alpha value is -3.47. The molecular weight excluding hydrogens is 501 g/mol. The number of alkyl halides is 3. The zero-order chi connectivity index (χ0) is 27.6. The Labute approximate surface area is 219 Å². The number of piperazine rings is 1. The van der Waals surface area contributed by atoms with Crippen molar-refractivity contribution < 1.29 is 32.2 Å². The predicted octanol–water partition coefficient (Wildman–Crippen LogP) is 5.56. The van der Waals surface area contributed by atoms with Crippen molar-refractivity contribution in [1.29, 1.82) is 0 Å². The average Bonchev–Trinajstić information content (AvgIpc) is 3.18. The van der Waals surface area contributed by atoms with Gasteiger partial charge in [-0.2, -0.15) is 0 Å². The first kappa shape index (κ1) is 27.6. The summed E-state index contributed by atoms with van der Waals surface area (Å²) in [6, 6.07) is 5.88. The maximum Gasteiger partial charge on any atom is 0.573 e. The van der Waals surface area contributed by atoms with Crippen molar-refractivity contribution in [2.24, 2.45) is 0 Å². The third-order valence-corrected chi connectivity index (χ3v) is 6.86. The van der Waals surface area contributed by atoms with Crippen molar-refractivity contribution in [1.82, 2.24) is 19.4 Å². The topological polar surface area (TPSA) is 69.1 Å². The zero-order valence-electron chi connectivity index (χ0n) is 22.3. The molecule has 38 heavy (non-hydrogen) atoms. The van der Waals surface area contributed by atoms with Gasteiger partial charge in [0.1, 0.15) is 18.1 Å². The maximum atomic E-state index is 12.7. The molecule has 3 heterocycles. The van der Waals surface area contributed by atoms with Crippen LogP contribution in [0.1, 0.15) is 30.5 Å². The van der Waals surface area contributed by atoms with Crippen LogP contribution in [0.4, 0.5) is 18.0 Å². The van der Waals surface area contributed by atoms with E-state index >= 15 is 0 Å². The van der Waals surface area contributed by atoms with Gasteiger partial charge < -0.3 is 28.6 Å². The fraction of sp³-hybridized carbons (Fsp3) is 0.481. The van der Waals surface area contributed by atoms with Crippen LogP contribution >= 0.6 is 0 Å². The number of hydrogen-bond donors (Lipinski definition) is 0. The second-order valence-electron chi connectivity index (χ2n) is 9.58. The number of ether oxygens (including phenoxy) is 3.